The molecule has 196 valence electrons. The molecule has 0 aliphatic heterocycles. The van der Waals surface area contributed by atoms with Gasteiger partial charge in [-0.25, -0.2) is 22.0 Å². The van der Waals surface area contributed by atoms with Crippen molar-refractivity contribution in [2.24, 2.45) is 0 Å². The lowest BCUT2D eigenvalue weighted by atomic mass is 9.94. The van der Waals surface area contributed by atoms with Crippen LogP contribution in [0.15, 0.2) is 0 Å². The molecule has 0 aromatic rings. The van der Waals surface area contributed by atoms with Crippen molar-refractivity contribution >= 4 is 20.7 Å². The molecule has 0 N–H and O–H groups in total. The van der Waals surface area contributed by atoms with Crippen LogP contribution in [0.3, 0.4) is 0 Å². The van der Waals surface area contributed by atoms with Gasteiger partial charge in [0.15, 0.2) is 6.17 Å². The van der Waals surface area contributed by atoms with Gasteiger partial charge in [0.2, 0.25) is 6.17 Å². The molecule has 0 spiro atoms. The summed E-state index contributed by atoms with van der Waals surface area (Å²) in [7, 11) is -6.44. The first kappa shape index (κ1) is 31.2. The number of halogens is 13. The Kier molecular flexibility index (Phi) is 9.67. The Morgan fingerprint density at radius 2 is 1.12 bits per heavy atom. The van der Waals surface area contributed by atoms with Crippen LogP contribution in [-0.4, -0.2) is 75.6 Å². The zero-order chi connectivity index (χ0) is 26.8. The highest BCUT2D eigenvalue weighted by atomic mass is 28.4. The van der Waals surface area contributed by atoms with E-state index < -0.39 is 75.6 Å². The van der Waals surface area contributed by atoms with Crippen molar-refractivity contribution in [2.45, 2.75) is 69.0 Å². The first-order valence-corrected chi connectivity index (χ1v) is 10.1. The van der Waals surface area contributed by atoms with Crippen LogP contribution >= 0.6 is 0 Å². The number of hydrogen-bond donors (Lipinski definition) is 0. The van der Waals surface area contributed by atoms with E-state index in [2.05, 4.69) is 13.3 Å². The maximum Gasteiger partial charge on any atom is 0.679 e. The van der Waals surface area contributed by atoms with E-state index >= 15 is 0 Å². The predicted octanol–water partition coefficient (Wildman–Crippen LogP) is 4.45. The zero-order valence-corrected chi connectivity index (χ0v) is 17.5. The van der Waals surface area contributed by atoms with Crippen molar-refractivity contribution in [2.75, 3.05) is 6.61 Å². The summed E-state index contributed by atoms with van der Waals surface area (Å²) in [5.74, 6) is -38.5. The summed E-state index contributed by atoms with van der Waals surface area (Å²) in [6.07, 6.45) is -15.1. The number of rotatable bonds is 12. The minimum Gasteiger partial charge on any atom is -0.463 e. The average molecular weight is 538 g/mol. The van der Waals surface area contributed by atoms with Gasteiger partial charge in [-0.15, -0.1) is 0 Å². The Morgan fingerprint density at radius 3 is 1.42 bits per heavy atom. The molecule has 3 atom stereocenters. The third-order valence-electron chi connectivity index (χ3n) is 3.64. The molecular weight excluding hydrogens is 523 g/mol. The molecule has 5 nitrogen and oxygen atoms in total. The van der Waals surface area contributed by atoms with E-state index in [1.165, 1.54) is 0 Å². The summed E-state index contributed by atoms with van der Waals surface area (Å²) in [4.78, 5) is 22.2. The van der Waals surface area contributed by atoms with Crippen LogP contribution in [0, 0.1) is 0 Å². The Bertz CT molecular complexity index is 689. The molecule has 0 aromatic carbocycles. The van der Waals surface area contributed by atoms with Crippen LogP contribution in [0.2, 0.25) is 0 Å². The highest BCUT2D eigenvalue weighted by Gasteiger charge is 2.88. The van der Waals surface area contributed by atoms with Crippen LogP contribution < -0.4 is 0 Å². The van der Waals surface area contributed by atoms with Crippen LogP contribution in [0.4, 0.5) is 57.1 Å². The molecule has 0 aromatic heterocycles. The summed E-state index contributed by atoms with van der Waals surface area (Å²) in [6.45, 7) is 0.386. The Labute approximate surface area is 177 Å². The van der Waals surface area contributed by atoms with Gasteiger partial charge in [0.25, 0.3) is 24.2 Å². The van der Waals surface area contributed by atoms with E-state index in [-0.39, 0.29) is 0 Å². The van der Waals surface area contributed by atoms with Gasteiger partial charge in [0, 0.05) is 20.5 Å². The topological polar surface area (TPSA) is 61.8 Å². The largest absolute Gasteiger partial charge is 0.679 e. The maximum absolute atomic E-state index is 14.6. The van der Waals surface area contributed by atoms with Gasteiger partial charge in [-0.3, -0.25) is 9.59 Å². The van der Waals surface area contributed by atoms with E-state index in [4.69, 9.17) is 0 Å². The Balaban J connectivity index is 6.69. The summed E-state index contributed by atoms with van der Waals surface area (Å²) in [5, 5.41) is 0. The van der Waals surface area contributed by atoms with E-state index in [0.29, 0.717) is 13.8 Å². The van der Waals surface area contributed by atoms with Gasteiger partial charge >= 0.3 is 32.5 Å². The molecular formula is C14H15F13O5Si. The molecule has 0 fully saturated rings. The molecule has 0 amide bonds. The molecule has 3 unspecified atom stereocenters. The van der Waals surface area contributed by atoms with E-state index in [0.717, 1.165) is 6.92 Å². The molecule has 0 aliphatic carbocycles. The van der Waals surface area contributed by atoms with Crippen LogP contribution in [0.5, 0.6) is 0 Å². The number of carbonyl (C=O) groups excluding carboxylic acids is 2. The predicted molar refractivity (Wildman–Crippen MR) is 81.4 cm³/mol. The lowest BCUT2D eigenvalue weighted by Crippen LogP contribution is -2.73. The van der Waals surface area contributed by atoms with Gasteiger partial charge in [-0.05, 0) is 6.92 Å². The van der Waals surface area contributed by atoms with Gasteiger partial charge in [0.05, 0.1) is 0 Å². The fraction of sp³-hybridized carbons (Fsp3) is 0.857. The highest BCUT2D eigenvalue weighted by molar-refractivity contribution is 6.65. The van der Waals surface area contributed by atoms with Gasteiger partial charge in [-0.2, -0.15) is 35.1 Å². The van der Waals surface area contributed by atoms with Gasteiger partial charge in [-0.1, -0.05) is 0 Å². The quantitative estimate of drug-likeness (QED) is 0.272. The van der Waals surface area contributed by atoms with Crippen molar-refractivity contribution in [1.29, 1.82) is 0 Å². The summed E-state index contributed by atoms with van der Waals surface area (Å²) >= 11 is 0. The monoisotopic (exact) mass is 538 g/mol. The molecule has 0 heterocycles. The van der Waals surface area contributed by atoms with Crippen molar-refractivity contribution in [1.82, 2.24) is 0 Å². The first-order chi connectivity index (χ1) is 14.6. The Hall–Kier alpha value is -1.79. The fourth-order valence-corrected chi connectivity index (χ4v) is 4.50. The second kappa shape index (κ2) is 10.2. The maximum atomic E-state index is 14.6. The number of alkyl halides is 13. The van der Waals surface area contributed by atoms with Gasteiger partial charge in [0.1, 0.15) is 0 Å². The van der Waals surface area contributed by atoms with Crippen molar-refractivity contribution in [3.63, 3.8) is 0 Å². The van der Waals surface area contributed by atoms with Crippen molar-refractivity contribution < 1.29 is 79.9 Å². The highest BCUT2D eigenvalue weighted by Crippen LogP contribution is 2.57. The van der Waals surface area contributed by atoms with E-state index in [9.17, 15) is 66.7 Å². The second-order valence-electron chi connectivity index (χ2n) is 6.16. The average Bonchev–Trinajstić information content (AvgIpc) is 2.64. The SMILES string of the molecule is CCO[Si](OC(C)=O)(OC(C)=O)C(F)C(F)(F)C(F)(F)C(F)(F)C(F)(F)C(F)C(F)C(F)F. The fourth-order valence-electron chi connectivity index (χ4n) is 2.16. The minimum absolute atomic E-state index is 0.315. The number of hydrogen-bond acceptors (Lipinski definition) is 5. The molecule has 19 heteroatoms. The molecule has 0 bridgehead atoms. The van der Waals surface area contributed by atoms with E-state index in [1.54, 1.807) is 0 Å². The summed E-state index contributed by atoms with van der Waals surface area (Å²) in [6, 6.07) is 0. The lowest BCUT2D eigenvalue weighted by Gasteiger charge is -2.41. The zero-order valence-electron chi connectivity index (χ0n) is 16.5. The summed E-state index contributed by atoms with van der Waals surface area (Å²) < 4.78 is 188. The molecule has 0 radical (unpaired) electrons. The molecule has 0 aliphatic rings. The van der Waals surface area contributed by atoms with E-state index in [1.807, 2.05) is 0 Å². The molecule has 0 saturated carbocycles. The molecule has 33 heavy (non-hydrogen) atoms. The Morgan fingerprint density at radius 1 is 0.758 bits per heavy atom. The third kappa shape index (κ3) is 5.65. The minimum atomic E-state index is -7.73. The first-order valence-electron chi connectivity index (χ1n) is 8.31. The third-order valence-corrected chi connectivity index (χ3v) is 6.46. The van der Waals surface area contributed by atoms with Crippen molar-refractivity contribution in [3.8, 4) is 0 Å². The number of carbonyl (C=O) groups is 2. The second-order valence-corrected chi connectivity index (χ2v) is 8.57. The molecule has 0 saturated heterocycles. The van der Waals surface area contributed by atoms with Crippen LogP contribution in [0.1, 0.15) is 20.8 Å². The molecule has 0 rings (SSSR count). The lowest BCUT2D eigenvalue weighted by molar-refractivity contribution is -0.384. The normalized spacial score (nSPS) is 16.9. The standard InChI is InChI=1S/C14H15F13O5Si/c1-4-30-33(31-5(2)28,32-6(3)29)10(19)12(22,23)14(26,27)13(24,25)11(20,21)8(16)7(15)9(17)18/h7-10H,4H2,1-3H3. The summed E-state index contributed by atoms with van der Waals surface area (Å²) in [5.41, 5.74) is 0. The van der Waals surface area contributed by atoms with Crippen LogP contribution in [-0.2, 0) is 22.9 Å². The van der Waals surface area contributed by atoms with Crippen LogP contribution in [0.25, 0.3) is 0 Å². The smallest absolute Gasteiger partial charge is 0.463 e. The van der Waals surface area contributed by atoms with Crippen molar-refractivity contribution in [3.05, 3.63) is 0 Å². The van der Waals surface area contributed by atoms with Gasteiger partial charge < -0.3 is 13.3 Å².